The molecule has 1 fully saturated rings. The molecule has 1 aromatic carbocycles. The van der Waals surface area contributed by atoms with Crippen LogP contribution >= 0.6 is 11.3 Å². The van der Waals surface area contributed by atoms with Gasteiger partial charge in [-0.25, -0.2) is 0 Å². The fourth-order valence-corrected chi connectivity index (χ4v) is 3.51. The summed E-state index contributed by atoms with van der Waals surface area (Å²) in [6.07, 6.45) is 6.34. The van der Waals surface area contributed by atoms with Gasteiger partial charge in [0, 0.05) is 10.7 Å². The van der Waals surface area contributed by atoms with E-state index in [2.05, 4.69) is 29.6 Å². The highest BCUT2D eigenvalue weighted by Crippen LogP contribution is 2.34. The number of fused-ring (bicyclic) bond motifs is 1. The molecule has 2 N–H and O–H groups in total. The van der Waals surface area contributed by atoms with Crippen LogP contribution < -0.4 is 5.73 Å². The summed E-state index contributed by atoms with van der Waals surface area (Å²) >= 11 is 1.86. The van der Waals surface area contributed by atoms with Crippen LogP contribution in [0.25, 0.3) is 10.1 Å². The van der Waals surface area contributed by atoms with Crippen molar-refractivity contribution < 1.29 is 0 Å². The van der Waals surface area contributed by atoms with E-state index in [1.807, 2.05) is 11.3 Å². The van der Waals surface area contributed by atoms with Crippen LogP contribution in [0, 0.1) is 5.92 Å². The van der Waals surface area contributed by atoms with Gasteiger partial charge in [-0.05, 0) is 60.4 Å². The molecular weight excluding hydrogens is 226 g/mol. The maximum Gasteiger partial charge on any atom is 0.0345 e. The minimum Gasteiger partial charge on any atom is -0.327 e. The molecule has 1 nitrogen and oxygen atoms in total. The summed E-state index contributed by atoms with van der Waals surface area (Å²) in [7, 11) is 0. The Morgan fingerprint density at radius 3 is 2.94 bits per heavy atom. The molecule has 3 rings (SSSR count). The molecule has 1 saturated carbocycles. The second-order valence-corrected chi connectivity index (χ2v) is 6.06. The van der Waals surface area contributed by atoms with Crippen LogP contribution in [-0.4, -0.2) is 6.04 Å². The molecule has 90 valence electrons. The minimum atomic E-state index is 0.458. The van der Waals surface area contributed by atoms with Gasteiger partial charge in [-0.1, -0.05) is 18.2 Å². The quantitative estimate of drug-likeness (QED) is 0.847. The molecule has 0 radical (unpaired) electrons. The molecule has 0 bridgehead atoms. The topological polar surface area (TPSA) is 26.0 Å². The van der Waals surface area contributed by atoms with Crippen molar-refractivity contribution in [2.75, 3.05) is 0 Å². The van der Waals surface area contributed by atoms with Gasteiger partial charge in [0.15, 0.2) is 0 Å². The Morgan fingerprint density at radius 1 is 1.29 bits per heavy atom. The Balaban J connectivity index is 1.60. The molecule has 0 spiro atoms. The summed E-state index contributed by atoms with van der Waals surface area (Å²) in [6.45, 7) is 0. The maximum atomic E-state index is 6.13. The van der Waals surface area contributed by atoms with Crippen LogP contribution in [0.2, 0.25) is 0 Å². The van der Waals surface area contributed by atoms with Crippen molar-refractivity contribution in [1.82, 2.24) is 0 Å². The number of aryl methyl sites for hydroxylation is 1. The van der Waals surface area contributed by atoms with Gasteiger partial charge >= 0.3 is 0 Å². The number of hydrogen-bond acceptors (Lipinski definition) is 2. The van der Waals surface area contributed by atoms with Gasteiger partial charge in [-0.15, -0.1) is 11.3 Å². The maximum absolute atomic E-state index is 6.13. The van der Waals surface area contributed by atoms with Crippen molar-refractivity contribution >= 4 is 21.4 Å². The first-order valence-electron chi connectivity index (χ1n) is 6.55. The average molecular weight is 245 g/mol. The van der Waals surface area contributed by atoms with E-state index in [4.69, 9.17) is 5.73 Å². The Bertz CT molecular complexity index is 498. The first kappa shape index (κ1) is 11.2. The van der Waals surface area contributed by atoms with Crippen LogP contribution in [0.15, 0.2) is 29.6 Å². The Morgan fingerprint density at radius 2 is 2.12 bits per heavy atom. The number of hydrogen-bond donors (Lipinski definition) is 1. The Kier molecular flexibility index (Phi) is 3.17. The molecule has 0 amide bonds. The van der Waals surface area contributed by atoms with Gasteiger partial charge in [0.1, 0.15) is 0 Å². The Labute approximate surface area is 107 Å². The molecule has 2 heteroatoms. The van der Waals surface area contributed by atoms with Gasteiger partial charge in [-0.3, -0.25) is 0 Å². The highest BCUT2D eigenvalue weighted by Gasteiger charge is 2.27. The molecular formula is C15H19NS. The van der Waals surface area contributed by atoms with Crippen LogP contribution in [0.3, 0.4) is 0 Å². The van der Waals surface area contributed by atoms with Crippen molar-refractivity contribution in [3.05, 3.63) is 35.2 Å². The first-order valence-corrected chi connectivity index (χ1v) is 7.43. The van der Waals surface area contributed by atoms with E-state index in [1.165, 1.54) is 47.8 Å². The van der Waals surface area contributed by atoms with Crippen molar-refractivity contribution in [2.24, 2.45) is 11.7 Å². The summed E-state index contributed by atoms with van der Waals surface area (Å²) in [6, 6.07) is 9.15. The molecule has 0 saturated heterocycles. The van der Waals surface area contributed by atoms with Crippen LogP contribution in [0.1, 0.15) is 31.2 Å². The van der Waals surface area contributed by atoms with E-state index in [1.54, 1.807) is 0 Å². The van der Waals surface area contributed by atoms with E-state index in [-0.39, 0.29) is 0 Å². The lowest BCUT2D eigenvalue weighted by atomic mass is 10.0. The van der Waals surface area contributed by atoms with E-state index in [9.17, 15) is 0 Å². The van der Waals surface area contributed by atoms with Crippen molar-refractivity contribution in [3.8, 4) is 0 Å². The van der Waals surface area contributed by atoms with Crippen LogP contribution in [-0.2, 0) is 6.42 Å². The van der Waals surface area contributed by atoms with E-state index < -0.39 is 0 Å². The molecule has 0 aliphatic heterocycles. The fourth-order valence-electron chi connectivity index (χ4n) is 2.51. The van der Waals surface area contributed by atoms with Gasteiger partial charge in [0.2, 0.25) is 0 Å². The molecule has 1 heterocycles. The number of thiophene rings is 1. The second-order valence-electron chi connectivity index (χ2n) is 5.15. The molecule has 2 aromatic rings. The van der Waals surface area contributed by atoms with Crippen molar-refractivity contribution in [1.29, 1.82) is 0 Å². The summed E-state index contributed by atoms with van der Waals surface area (Å²) in [5.74, 6) is 0.842. The van der Waals surface area contributed by atoms with E-state index >= 15 is 0 Å². The minimum absolute atomic E-state index is 0.458. The first-order chi connectivity index (χ1) is 8.34. The SMILES string of the molecule is NC(CCCc1csc2ccccc12)C1CC1. The van der Waals surface area contributed by atoms with E-state index in [0.717, 1.165) is 5.92 Å². The van der Waals surface area contributed by atoms with Crippen molar-refractivity contribution in [3.63, 3.8) is 0 Å². The third kappa shape index (κ3) is 2.53. The standard InChI is InChI=1S/C15H19NS/c16-14(11-8-9-11)6-3-4-12-10-17-15-7-2-1-5-13(12)15/h1-2,5,7,10-11,14H,3-4,6,8-9,16H2. The molecule has 1 aliphatic rings. The van der Waals surface area contributed by atoms with Crippen molar-refractivity contribution in [2.45, 2.75) is 38.1 Å². The van der Waals surface area contributed by atoms with Gasteiger partial charge < -0.3 is 5.73 Å². The number of benzene rings is 1. The molecule has 17 heavy (non-hydrogen) atoms. The number of rotatable bonds is 5. The highest BCUT2D eigenvalue weighted by molar-refractivity contribution is 7.17. The number of nitrogens with two attached hydrogens (primary N) is 1. The summed E-state index contributed by atoms with van der Waals surface area (Å²) in [5.41, 5.74) is 7.64. The summed E-state index contributed by atoms with van der Waals surface area (Å²) in [5, 5.41) is 3.75. The smallest absolute Gasteiger partial charge is 0.0345 e. The van der Waals surface area contributed by atoms with Crippen LogP contribution in [0.4, 0.5) is 0 Å². The van der Waals surface area contributed by atoms with Gasteiger partial charge in [-0.2, -0.15) is 0 Å². The van der Waals surface area contributed by atoms with Gasteiger partial charge in [0.25, 0.3) is 0 Å². The summed E-state index contributed by atoms with van der Waals surface area (Å²) in [4.78, 5) is 0. The molecule has 1 aliphatic carbocycles. The summed E-state index contributed by atoms with van der Waals surface area (Å²) < 4.78 is 1.41. The normalized spacial score (nSPS) is 17.5. The largest absolute Gasteiger partial charge is 0.327 e. The molecule has 1 aromatic heterocycles. The zero-order valence-corrected chi connectivity index (χ0v) is 10.9. The molecule has 1 atom stereocenters. The predicted octanol–water partition coefficient (Wildman–Crippen LogP) is 3.96. The zero-order chi connectivity index (χ0) is 11.7. The predicted molar refractivity (Wildman–Crippen MR) is 75.5 cm³/mol. The zero-order valence-electron chi connectivity index (χ0n) is 10.1. The lowest BCUT2D eigenvalue weighted by molar-refractivity contribution is 0.529. The average Bonchev–Trinajstić information content (AvgIpc) is 3.12. The molecule has 1 unspecified atom stereocenters. The second kappa shape index (κ2) is 4.79. The lowest BCUT2D eigenvalue weighted by Crippen LogP contribution is -2.22. The third-order valence-corrected chi connectivity index (χ3v) is 4.78. The van der Waals surface area contributed by atoms with E-state index in [0.29, 0.717) is 6.04 Å². The monoisotopic (exact) mass is 245 g/mol. The Hall–Kier alpha value is -0.860. The van der Waals surface area contributed by atoms with Crippen LogP contribution in [0.5, 0.6) is 0 Å². The highest BCUT2D eigenvalue weighted by atomic mass is 32.1. The van der Waals surface area contributed by atoms with Gasteiger partial charge in [0.05, 0.1) is 0 Å². The third-order valence-electron chi connectivity index (χ3n) is 3.77. The lowest BCUT2D eigenvalue weighted by Gasteiger charge is -2.09. The fraction of sp³-hybridized carbons (Fsp3) is 0.467.